The highest BCUT2D eigenvalue weighted by molar-refractivity contribution is 5.88. The molecule has 8 heteroatoms. The molecular formula is C18H27N5O3. The summed E-state index contributed by atoms with van der Waals surface area (Å²) in [5.41, 5.74) is 1.32. The quantitative estimate of drug-likeness (QED) is 0.719. The number of nitrogens with zero attached hydrogens (tertiary/aromatic N) is 4. The molecule has 0 aromatic carbocycles. The van der Waals surface area contributed by atoms with Crippen LogP contribution < -0.4 is 10.2 Å². The number of anilines is 1. The Hall–Kier alpha value is -2.22. The van der Waals surface area contributed by atoms with E-state index in [2.05, 4.69) is 20.4 Å². The summed E-state index contributed by atoms with van der Waals surface area (Å²) in [6, 6.07) is 0. The van der Waals surface area contributed by atoms with Gasteiger partial charge >= 0.3 is 0 Å². The van der Waals surface area contributed by atoms with Crippen molar-refractivity contribution >= 4 is 22.8 Å². The van der Waals surface area contributed by atoms with E-state index in [0.29, 0.717) is 37.5 Å². The number of aromatic nitrogens is 3. The van der Waals surface area contributed by atoms with Crippen LogP contribution in [0, 0.1) is 6.92 Å². The molecule has 1 N–H and O–H groups in total. The van der Waals surface area contributed by atoms with E-state index in [1.165, 1.54) is 6.42 Å². The minimum Gasteiger partial charge on any atom is -0.385 e. The van der Waals surface area contributed by atoms with Gasteiger partial charge in [0, 0.05) is 46.2 Å². The molecule has 142 valence electrons. The maximum Gasteiger partial charge on any atom is 0.263 e. The number of hydrogen-bond acceptors (Lipinski definition) is 7. The predicted octanol–water partition coefficient (Wildman–Crippen LogP) is 2.00. The van der Waals surface area contributed by atoms with Gasteiger partial charge in [-0.2, -0.15) is 4.98 Å². The fourth-order valence-electron chi connectivity index (χ4n) is 3.22. The van der Waals surface area contributed by atoms with Gasteiger partial charge in [0.25, 0.3) is 5.71 Å². The molecule has 0 aliphatic carbocycles. The summed E-state index contributed by atoms with van der Waals surface area (Å²) >= 11 is 0. The number of aryl methyl sites for hydroxylation is 2. The second-order valence-corrected chi connectivity index (χ2v) is 6.66. The molecule has 0 atom stereocenters. The van der Waals surface area contributed by atoms with Crippen LogP contribution in [0.3, 0.4) is 0 Å². The van der Waals surface area contributed by atoms with Crippen LogP contribution in [0.2, 0.25) is 0 Å². The Morgan fingerprint density at radius 2 is 2.08 bits per heavy atom. The number of piperidine rings is 1. The van der Waals surface area contributed by atoms with Crippen molar-refractivity contribution in [3.05, 3.63) is 11.5 Å². The summed E-state index contributed by atoms with van der Waals surface area (Å²) in [7, 11) is 1.65. The summed E-state index contributed by atoms with van der Waals surface area (Å²) in [4.78, 5) is 23.5. The van der Waals surface area contributed by atoms with Crippen LogP contribution in [0.25, 0.3) is 11.1 Å². The van der Waals surface area contributed by atoms with Crippen LogP contribution in [0.15, 0.2) is 4.52 Å². The molecule has 2 aromatic rings. The molecule has 1 aliphatic rings. The Morgan fingerprint density at radius 3 is 2.85 bits per heavy atom. The van der Waals surface area contributed by atoms with Crippen LogP contribution in [0.1, 0.15) is 43.6 Å². The van der Waals surface area contributed by atoms with Crippen molar-refractivity contribution in [2.75, 3.05) is 38.3 Å². The van der Waals surface area contributed by atoms with Crippen molar-refractivity contribution in [2.24, 2.45) is 0 Å². The number of carbonyl (C=O) groups is 1. The van der Waals surface area contributed by atoms with E-state index in [4.69, 9.17) is 14.2 Å². The molecular weight excluding hydrogens is 334 g/mol. The monoisotopic (exact) mass is 361 g/mol. The van der Waals surface area contributed by atoms with Crippen molar-refractivity contribution in [2.45, 2.75) is 45.4 Å². The molecule has 0 bridgehead atoms. The third-order valence-corrected chi connectivity index (χ3v) is 4.61. The number of rotatable bonds is 8. The first-order valence-corrected chi connectivity index (χ1v) is 9.32. The molecule has 3 heterocycles. The normalized spacial score (nSPS) is 14.8. The van der Waals surface area contributed by atoms with E-state index in [-0.39, 0.29) is 5.91 Å². The van der Waals surface area contributed by atoms with Gasteiger partial charge in [-0.3, -0.25) is 4.79 Å². The summed E-state index contributed by atoms with van der Waals surface area (Å²) in [6.45, 7) is 5.14. The van der Waals surface area contributed by atoms with Gasteiger partial charge in [0.15, 0.2) is 0 Å². The van der Waals surface area contributed by atoms with E-state index < -0.39 is 0 Å². The topological polar surface area (TPSA) is 93.4 Å². The second kappa shape index (κ2) is 8.93. The average molecular weight is 361 g/mol. The Morgan fingerprint density at radius 1 is 1.27 bits per heavy atom. The first kappa shape index (κ1) is 18.6. The van der Waals surface area contributed by atoms with Gasteiger partial charge in [0.2, 0.25) is 5.91 Å². The van der Waals surface area contributed by atoms with Gasteiger partial charge in [-0.15, -0.1) is 0 Å². The van der Waals surface area contributed by atoms with Crippen LogP contribution in [-0.4, -0.2) is 54.4 Å². The first-order valence-electron chi connectivity index (χ1n) is 9.32. The highest BCUT2D eigenvalue weighted by atomic mass is 16.5. The van der Waals surface area contributed by atoms with E-state index in [1.54, 1.807) is 7.11 Å². The van der Waals surface area contributed by atoms with E-state index in [0.717, 1.165) is 49.2 Å². The molecule has 26 heavy (non-hydrogen) atoms. The van der Waals surface area contributed by atoms with Gasteiger partial charge < -0.3 is 19.5 Å². The lowest BCUT2D eigenvalue weighted by molar-refractivity contribution is -0.121. The number of methoxy groups -OCH3 is 1. The lowest BCUT2D eigenvalue weighted by Gasteiger charge is -2.28. The van der Waals surface area contributed by atoms with Crippen molar-refractivity contribution < 1.29 is 14.1 Å². The van der Waals surface area contributed by atoms with Gasteiger partial charge in [-0.1, -0.05) is 5.16 Å². The molecule has 0 saturated carbocycles. The lowest BCUT2D eigenvalue weighted by atomic mass is 10.1. The Kier molecular flexibility index (Phi) is 6.38. The van der Waals surface area contributed by atoms with Gasteiger partial charge in [-0.25, -0.2) is 4.98 Å². The van der Waals surface area contributed by atoms with Crippen molar-refractivity contribution in [3.63, 3.8) is 0 Å². The molecule has 1 aliphatic heterocycles. The molecule has 8 nitrogen and oxygen atoms in total. The highest BCUT2D eigenvalue weighted by Gasteiger charge is 2.21. The SMILES string of the molecule is COCCCNC(=O)CCc1nc(N2CCCCC2)c2c(C)noc2n1. The summed E-state index contributed by atoms with van der Waals surface area (Å²) in [5.74, 6) is 1.52. The number of nitrogens with one attached hydrogen (secondary N) is 1. The zero-order chi connectivity index (χ0) is 18.4. The maximum atomic E-state index is 12.0. The predicted molar refractivity (Wildman–Crippen MR) is 98.2 cm³/mol. The van der Waals surface area contributed by atoms with Crippen LogP contribution in [0.5, 0.6) is 0 Å². The van der Waals surface area contributed by atoms with Crippen molar-refractivity contribution in [3.8, 4) is 0 Å². The number of fused-ring (bicyclic) bond motifs is 1. The summed E-state index contributed by atoms with van der Waals surface area (Å²) in [6.07, 6.45) is 5.21. The largest absolute Gasteiger partial charge is 0.385 e. The molecule has 0 radical (unpaired) electrons. The van der Waals surface area contributed by atoms with E-state index in [9.17, 15) is 4.79 Å². The zero-order valence-corrected chi connectivity index (χ0v) is 15.6. The highest BCUT2D eigenvalue weighted by Crippen LogP contribution is 2.29. The summed E-state index contributed by atoms with van der Waals surface area (Å²) in [5, 5.41) is 7.83. The standard InChI is InChI=1S/C18H27N5O3/c1-13-16-17(23-10-4-3-5-11-23)20-14(21-18(16)26-22-13)7-8-15(24)19-9-6-12-25-2/h3-12H2,1-2H3,(H,19,24). The minimum absolute atomic E-state index is 0.00178. The molecule has 1 amide bonds. The van der Waals surface area contributed by atoms with E-state index in [1.807, 2.05) is 6.92 Å². The molecule has 3 rings (SSSR count). The molecule has 2 aromatic heterocycles. The fourth-order valence-corrected chi connectivity index (χ4v) is 3.22. The Labute approximate surface area is 153 Å². The Balaban J connectivity index is 1.69. The van der Waals surface area contributed by atoms with Gasteiger partial charge in [0.05, 0.1) is 5.69 Å². The number of carbonyl (C=O) groups excluding carboxylic acids is 1. The fraction of sp³-hybridized carbons (Fsp3) is 0.667. The molecule has 0 unspecified atom stereocenters. The van der Waals surface area contributed by atoms with Crippen LogP contribution in [-0.2, 0) is 16.0 Å². The smallest absolute Gasteiger partial charge is 0.263 e. The molecule has 1 fully saturated rings. The molecule has 0 spiro atoms. The first-order chi connectivity index (χ1) is 12.7. The number of hydrogen-bond donors (Lipinski definition) is 1. The molecule has 1 saturated heterocycles. The van der Waals surface area contributed by atoms with Crippen LogP contribution in [0.4, 0.5) is 5.82 Å². The van der Waals surface area contributed by atoms with Crippen molar-refractivity contribution in [1.29, 1.82) is 0 Å². The third-order valence-electron chi connectivity index (χ3n) is 4.61. The zero-order valence-electron chi connectivity index (χ0n) is 15.6. The maximum absolute atomic E-state index is 12.0. The van der Waals surface area contributed by atoms with Gasteiger partial charge in [-0.05, 0) is 32.6 Å². The number of amides is 1. The number of ether oxygens (including phenoxy) is 1. The Bertz CT molecular complexity index is 740. The van der Waals surface area contributed by atoms with Gasteiger partial charge in [0.1, 0.15) is 17.0 Å². The average Bonchev–Trinajstić information content (AvgIpc) is 3.04. The lowest BCUT2D eigenvalue weighted by Crippen LogP contribution is -2.31. The third kappa shape index (κ3) is 4.49. The van der Waals surface area contributed by atoms with Crippen LogP contribution >= 0.6 is 0 Å². The van der Waals surface area contributed by atoms with E-state index >= 15 is 0 Å². The van der Waals surface area contributed by atoms with Crippen molar-refractivity contribution in [1.82, 2.24) is 20.4 Å². The minimum atomic E-state index is -0.00178. The summed E-state index contributed by atoms with van der Waals surface area (Å²) < 4.78 is 10.4. The second-order valence-electron chi connectivity index (χ2n) is 6.66.